The van der Waals surface area contributed by atoms with Crippen molar-refractivity contribution in [2.45, 2.75) is 46.6 Å². The molecule has 1 aromatic carbocycles. The number of pyridine rings is 1. The number of benzene rings is 1. The van der Waals surface area contributed by atoms with E-state index in [2.05, 4.69) is 15.7 Å². The number of amides is 2. The minimum atomic E-state index is -0.300. The van der Waals surface area contributed by atoms with E-state index in [1.54, 1.807) is 30.5 Å². The number of rotatable bonds is 6. The quantitative estimate of drug-likeness (QED) is 0.630. The highest BCUT2D eigenvalue weighted by atomic mass is 16.5. The number of hydrogen-bond acceptors (Lipinski definition) is 5. The van der Waals surface area contributed by atoms with Gasteiger partial charge in [-0.2, -0.15) is 5.10 Å². The molecular weight excluding hydrogens is 382 g/mol. The number of ether oxygens (including phenoxy) is 1. The minimum Gasteiger partial charge on any atom is -0.495 e. The number of carbonyl (C=O) groups is 2. The van der Waals surface area contributed by atoms with Gasteiger partial charge >= 0.3 is 0 Å². The normalized spacial score (nSPS) is 11.2. The van der Waals surface area contributed by atoms with Gasteiger partial charge in [-0.25, -0.2) is 9.67 Å². The minimum absolute atomic E-state index is 0.114. The Hall–Kier alpha value is -3.42. The number of carbonyl (C=O) groups excluding carboxylic acids is 2. The van der Waals surface area contributed by atoms with Gasteiger partial charge in [0.2, 0.25) is 5.91 Å². The third-order valence-electron chi connectivity index (χ3n) is 4.68. The molecule has 2 N–H and O–H groups in total. The van der Waals surface area contributed by atoms with E-state index in [0.717, 1.165) is 5.69 Å². The summed E-state index contributed by atoms with van der Waals surface area (Å²) in [7, 11) is 1.53. The Morgan fingerprint density at radius 3 is 2.43 bits per heavy atom. The number of nitrogens with one attached hydrogen (secondary N) is 2. The first kappa shape index (κ1) is 21.3. The zero-order valence-electron chi connectivity index (χ0n) is 18.1. The zero-order chi connectivity index (χ0) is 22.0. The highest BCUT2D eigenvalue weighted by Gasteiger charge is 2.20. The molecule has 0 unspecified atom stereocenters. The van der Waals surface area contributed by atoms with Crippen molar-refractivity contribution in [2.24, 2.45) is 0 Å². The summed E-state index contributed by atoms with van der Waals surface area (Å²) >= 11 is 0. The molecule has 0 aliphatic heterocycles. The Morgan fingerprint density at radius 2 is 1.83 bits per heavy atom. The molecule has 0 radical (unpaired) electrons. The third kappa shape index (κ3) is 4.27. The standard InChI is InChI=1S/C22H27N5O3/c1-12(2)18-10-16(17-11-23-27(13(3)4)21(17)25-18)22(29)26-19-9-15(24-14(5)28)7-8-20(19)30-6/h7-13H,1-6H3,(H,24,28)(H,26,29). The molecule has 0 saturated carbocycles. The zero-order valence-corrected chi connectivity index (χ0v) is 18.1. The summed E-state index contributed by atoms with van der Waals surface area (Å²) in [6.45, 7) is 9.54. The van der Waals surface area contributed by atoms with Crippen molar-refractivity contribution in [2.75, 3.05) is 17.7 Å². The Balaban J connectivity index is 2.06. The smallest absolute Gasteiger partial charge is 0.256 e. The Labute approximate surface area is 175 Å². The van der Waals surface area contributed by atoms with E-state index in [1.165, 1.54) is 14.0 Å². The number of fused-ring (bicyclic) bond motifs is 1. The van der Waals surface area contributed by atoms with Gasteiger partial charge in [0.05, 0.1) is 29.9 Å². The highest BCUT2D eigenvalue weighted by molar-refractivity contribution is 6.12. The number of nitrogens with zero attached hydrogens (tertiary/aromatic N) is 3. The second-order valence-corrected chi connectivity index (χ2v) is 7.72. The van der Waals surface area contributed by atoms with Crippen LogP contribution in [0.3, 0.4) is 0 Å². The van der Waals surface area contributed by atoms with Crippen molar-refractivity contribution in [3.8, 4) is 5.75 Å². The van der Waals surface area contributed by atoms with E-state index in [1.807, 2.05) is 32.4 Å². The van der Waals surface area contributed by atoms with Gasteiger partial charge in [-0.15, -0.1) is 0 Å². The van der Waals surface area contributed by atoms with Crippen LogP contribution in [0.1, 0.15) is 62.6 Å². The average Bonchev–Trinajstić information content (AvgIpc) is 3.11. The number of methoxy groups -OCH3 is 1. The van der Waals surface area contributed by atoms with Gasteiger partial charge in [-0.05, 0) is 44.0 Å². The maximum Gasteiger partial charge on any atom is 0.256 e. The molecule has 158 valence electrons. The Kier molecular flexibility index (Phi) is 6.05. The topological polar surface area (TPSA) is 98.1 Å². The van der Waals surface area contributed by atoms with Gasteiger partial charge in [0, 0.05) is 24.3 Å². The van der Waals surface area contributed by atoms with Gasteiger partial charge < -0.3 is 15.4 Å². The van der Waals surface area contributed by atoms with Gasteiger partial charge in [0.25, 0.3) is 5.91 Å². The fourth-order valence-electron chi connectivity index (χ4n) is 3.18. The monoisotopic (exact) mass is 409 g/mol. The van der Waals surface area contributed by atoms with E-state index < -0.39 is 0 Å². The largest absolute Gasteiger partial charge is 0.495 e. The molecule has 3 aromatic rings. The van der Waals surface area contributed by atoms with E-state index >= 15 is 0 Å². The van der Waals surface area contributed by atoms with Crippen LogP contribution in [0.5, 0.6) is 5.75 Å². The van der Waals surface area contributed by atoms with Crippen LogP contribution in [0, 0.1) is 0 Å². The van der Waals surface area contributed by atoms with Crippen molar-refractivity contribution in [3.63, 3.8) is 0 Å². The number of anilines is 2. The highest BCUT2D eigenvalue weighted by Crippen LogP contribution is 2.30. The molecule has 2 aromatic heterocycles. The maximum absolute atomic E-state index is 13.3. The first-order valence-electron chi connectivity index (χ1n) is 9.86. The van der Waals surface area contributed by atoms with Crippen LogP contribution in [0.15, 0.2) is 30.5 Å². The van der Waals surface area contributed by atoms with Crippen molar-refractivity contribution < 1.29 is 14.3 Å². The summed E-state index contributed by atoms with van der Waals surface area (Å²) in [5.41, 5.74) is 3.01. The fourth-order valence-corrected chi connectivity index (χ4v) is 3.18. The summed E-state index contributed by atoms with van der Waals surface area (Å²) < 4.78 is 7.19. The lowest BCUT2D eigenvalue weighted by Crippen LogP contribution is -2.15. The van der Waals surface area contributed by atoms with Crippen LogP contribution < -0.4 is 15.4 Å². The molecule has 0 atom stereocenters. The summed E-state index contributed by atoms with van der Waals surface area (Å²) in [5.74, 6) is 0.139. The summed E-state index contributed by atoms with van der Waals surface area (Å²) in [4.78, 5) is 29.4. The van der Waals surface area contributed by atoms with Crippen LogP contribution in [-0.4, -0.2) is 33.7 Å². The van der Waals surface area contributed by atoms with Crippen LogP contribution in [0.4, 0.5) is 11.4 Å². The average molecular weight is 409 g/mol. The molecule has 2 heterocycles. The molecule has 0 saturated heterocycles. The van der Waals surface area contributed by atoms with Crippen LogP contribution in [0.25, 0.3) is 11.0 Å². The molecule has 0 aliphatic rings. The van der Waals surface area contributed by atoms with E-state index in [9.17, 15) is 9.59 Å². The van der Waals surface area contributed by atoms with E-state index in [0.29, 0.717) is 33.7 Å². The predicted molar refractivity (Wildman–Crippen MR) is 117 cm³/mol. The molecule has 30 heavy (non-hydrogen) atoms. The first-order valence-corrected chi connectivity index (χ1v) is 9.86. The summed E-state index contributed by atoms with van der Waals surface area (Å²) in [5, 5.41) is 10.7. The Morgan fingerprint density at radius 1 is 1.10 bits per heavy atom. The van der Waals surface area contributed by atoms with E-state index in [-0.39, 0.29) is 23.8 Å². The van der Waals surface area contributed by atoms with Crippen molar-refractivity contribution in [1.82, 2.24) is 14.8 Å². The molecule has 0 aliphatic carbocycles. The second-order valence-electron chi connectivity index (χ2n) is 7.72. The van der Waals surface area contributed by atoms with Gasteiger partial charge in [-0.3, -0.25) is 9.59 Å². The van der Waals surface area contributed by atoms with E-state index in [4.69, 9.17) is 9.72 Å². The summed E-state index contributed by atoms with van der Waals surface area (Å²) in [6, 6.07) is 6.99. The second kappa shape index (κ2) is 8.52. The lowest BCUT2D eigenvalue weighted by molar-refractivity contribution is -0.114. The number of hydrogen-bond donors (Lipinski definition) is 2. The lowest BCUT2D eigenvalue weighted by atomic mass is 10.0. The van der Waals surface area contributed by atoms with Gasteiger partial charge in [0.1, 0.15) is 5.75 Å². The maximum atomic E-state index is 13.3. The Bertz CT molecular complexity index is 1100. The molecule has 8 nitrogen and oxygen atoms in total. The van der Waals surface area contributed by atoms with Crippen LogP contribution >= 0.6 is 0 Å². The predicted octanol–water partition coefficient (Wildman–Crippen LogP) is 4.35. The molecule has 8 heteroatoms. The fraction of sp³-hybridized carbons (Fsp3) is 0.364. The third-order valence-corrected chi connectivity index (χ3v) is 4.68. The van der Waals surface area contributed by atoms with Crippen LogP contribution in [-0.2, 0) is 4.79 Å². The number of aromatic nitrogens is 3. The van der Waals surface area contributed by atoms with Gasteiger partial charge in [-0.1, -0.05) is 13.8 Å². The van der Waals surface area contributed by atoms with Crippen LogP contribution in [0.2, 0.25) is 0 Å². The molecular formula is C22H27N5O3. The molecule has 0 spiro atoms. The first-order chi connectivity index (χ1) is 14.2. The SMILES string of the molecule is COc1ccc(NC(C)=O)cc1NC(=O)c1cc(C(C)C)nc2c1cnn2C(C)C. The molecule has 0 bridgehead atoms. The lowest BCUT2D eigenvalue weighted by Gasteiger charge is -2.14. The van der Waals surface area contributed by atoms with Gasteiger partial charge in [0.15, 0.2) is 5.65 Å². The molecule has 3 rings (SSSR count). The molecule has 0 fully saturated rings. The summed E-state index contributed by atoms with van der Waals surface area (Å²) in [6.07, 6.45) is 1.67. The van der Waals surface area contributed by atoms with Crippen molar-refractivity contribution in [3.05, 3.63) is 41.7 Å². The molecule has 2 amide bonds. The van der Waals surface area contributed by atoms with Crippen molar-refractivity contribution >= 4 is 34.2 Å². The van der Waals surface area contributed by atoms with Crippen molar-refractivity contribution in [1.29, 1.82) is 0 Å².